The topological polar surface area (TPSA) is 42.4 Å². The molecule has 2 aromatic rings. The van der Waals surface area contributed by atoms with Crippen molar-refractivity contribution in [1.82, 2.24) is 4.98 Å². The predicted octanol–water partition coefficient (Wildman–Crippen LogP) is 3.20. The maximum atomic E-state index is 12.1. The molecule has 0 aliphatic heterocycles. The molecule has 0 atom stereocenters. The van der Waals surface area contributed by atoms with Gasteiger partial charge in [-0.1, -0.05) is 12.1 Å². The van der Waals surface area contributed by atoms with Gasteiger partial charge in [-0.2, -0.15) is 0 Å². The summed E-state index contributed by atoms with van der Waals surface area (Å²) in [5, 5.41) is 9.06. The van der Waals surface area contributed by atoms with Crippen LogP contribution in [0.4, 0.5) is 13.2 Å². The average molecular weight is 275 g/mol. The maximum Gasteiger partial charge on any atom is 0.573 e. The van der Waals surface area contributed by atoms with Crippen LogP contribution in [0.25, 0.3) is 10.4 Å². The van der Waals surface area contributed by atoms with E-state index in [1.54, 1.807) is 6.07 Å². The third-order valence-electron chi connectivity index (χ3n) is 2.12. The van der Waals surface area contributed by atoms with Gasteiger partial charge in [-0.25, -0.2) is 4.98 Å². The highest BCUT2D eigenvalue weighted by Gasteiger charge is 2.31. The number of thiazole rings is 1. The first-order chi connectivity index (χ1) is 8.49. The van der Waals surface area contributed by atoms with E-state index >= 15 is 0 Å². The third-order valence-corrected chi connectivity index (χ3v) is 3.04. The number of aliphatic hydroxyl groups excluding tert-OH is 1. The highest BCUT2D eigenvalue weighted by atomic mass is 32.1. The highest BCUT2D eigenvalue weighted by Crippen LogP contribution is 2.32. The van der Waals surface area contributed by atoms with Crippen LogP contribution in [0.1, 0.15) is 5.69 Å². The normalized spacial score (nSPS) is 11.6. The molecule has 0 saturated carbocycles. The van der Waals surface area contributed by atoms with Gasteiger partial charge in [-0.15, -0.1) is 24.5 Å². The second-order valence-electron chi connectivity index (χ2n) is 3.36. The first kappa shape index (κ1) is 12.8. The van der Waals surface area contributed by atoms with E-state index in [1.807, 2.05) is 0 Å². The number of ether oxygens (including phenoxy) is 1. The van der Waals surface area contributed by atoms with E-state index in [4.69, 9.17) is 5.11 Å². The Morgan fingerprint density at radius 3 is 2.78 bits per heavy atom. The van der Waals surface area contributed by atoms with Gasteiger partial charge >= 0.3 is 6.36 Å². The first-order valence-electron chi connectivity index (χ1n) is 4.89. The summed E-state index contributed by atoms with van der Waals surface area (Å²) in [6, 6.07) is 5.57. The molecule has 2 rings (SSSR count). The predicted molar refractivity (Wildman–Crippen MR) is 60.2 cm³/mol. The van der Waals surface area contributed by atoms with E-state index in [0.29, 0.717) is 16.1 Å². The van der Waals surface area contributed by atoms with Crippen molar-refractivity contribution in [3.05, 3.63) is 35.5 Å². The van der Waals surface area contributed by atoms with E-state index in [2.05, 4.69) is 9.72 Å². The summed E-state index contributed by atoms with van der Waals surface area (Å²) in [5.74, 6) is -0.294. The molecule has 3 nitrogen and oxygen atoms in total. The monoisotopic (exact) mass is 275 g/mol. The molecule has 0 aliphatic carbocycles. The van der Waals surface area contributed by atoms with Gasteiger partial charge in [-0.3, -0.25) is 0 Å². The molecular weight excluding hydrogens is 267 g/mol. The van der Waals surface area contributed by atoms with E-state index in [0.717, 1.165) is 0 Å². The Hall–Kier alpha value is -1.60. The molecule has 0 saturated heterocycles. The van der Waals surface area contributed by atoms with Gasteiger partial charge in [0.15, 0.2) is 0 Å². The van der Waals surface area contributed by atoms with Crippen LogP contribution in [0.3, 0.4) is 0 Å². The largest absolute Gasteiger partial charge is 0.573 e. The fourth-order valence-corrected chi connectivity index (χ4v) is 2.25. The molecule has 1 aromatic heterocycles. The number of rotatable bonds is 3. The summed E-state index contributed by atoms with van der Waals surface area (Å²) < 4.78 is 40.1. The Balaban J connectivity index is 2.33. The molecule has 18 heavy (non-hydrogen) atoms. The van der Waals surface area contributed by atoms with Crippen molar-refractivity contribution in [2.75, 3.05) is 0 Å². The summed E-state index contributed by atoms with van der Waals surface area (Å²) >= 11 is 1.25. The van der Waals surface area contributed by atoms with Crippen molar-refractivity contribution in [3.8, 4) is 16.2 Å². The third kappa shape index (κ3) is 2.99. The Bertz CT molecular complexity index is 539. The van der Waals surface area contributed by atoms with Gasteiger partial charge in [0.25, 0.3) is 0 Å². The number of aromatic nitrogens is 1. The van der Waals surface area contributed by atoms with E-state index < -0.39 is 6.36 Å². The Labute approximate surface area is 104 Å². The van der Waals surface area contributed by atoms with Crippen LogP contribution in [-0.2, 0) is 6.61 Å². The smallest absolute Gasteiger partial charge is 0.406 e. The van der Waals surface area contributed by atoms with Crippen molar-refractivity contribution in [2.24, 2.45) is 0 Å². The van der Waals surface area contributed by atoms with Crippen LogP contribution >= 0.6 is 11.3 Å². The molecule has 7 heteroatoms. The van der Waals surface area contributed by atoms with Crippen LogP contribution in [-0.4, -0.2) is 16.5 Å². The number of hydrogen-bond acceptors (Lipinski definition) is 4. The van der Waals surface area contributed by atoms with E-state index in [-0.39, 0.29) is 12.4 Å². The summed E-state index contributed by atoms with van der Waals surface area (Å²) in [6.45, 7) is -0.261. The SMILES string of the molecule is OCc1ncsc1-c1cccc(OC(F)(F)F)c1. The van der Waals surface area contributed by atoms with Crippen molar-refractivity contribution in [2.45, 2.75) is 13.0 Å². The fourth-order valence-electron chi connectivity index (χ4n) is 1.45. The van der Waals surface area contributed by atoms with E-state index in [9.17, 15) is 13.2 Å². The Morgan fingerprint density at radius 1 is 1.33 bits per heavy atom. The van der Waals surface area contributed by atoms with Crippen LogP contribution in [0.15, 0.2) is 29.8 Å². The minimum Gasteiger partial charge on any atom is -0.406 e. The molecule has 0 aliphatic rings. The van der Waals surface area contributed by atoms with Gasteiger partial charge in [0, 0.05) is 0 Å². The van der Waals surface area contributed by atoms with Crippen molar-refractivity contribution in [3.63, 3.8) is 0 Å². The molecule has 1 N–H and O–H groups in total. The molecule has 0 unspecified atom stereocenters. The molecule has 1 aromatic carbocycles. The lowest BCUT2D eigenvalue weighted by Crippen LogP contribution is -2.17. The van der Waals surface area contributed by atoms with Gasteiger partial charge in [0.2, 0.25) is 0 Å². The number of hydrogen-bond donors (Lipinski definition) is 1. The van der Waals surface area contributed by atoms with Gasteiger partial charge in [0.05, 0.1) is 22.7 Å². The molecule has 0 amide bonds. The summed E-state index contributed by atoms with van der Waals surface area (Å²) in [7, 11) is 0. The number of nitrogens with zero attached hydrogens (tertiary/aromatic N) is 1. The number of halogens is 3. The van der Waals surface area contributed by atoms with Crippen LogP contribution in [0.2, 0.25) is 0 Å². The molecular formula is C11H8F3NO2S. The summed E-state index contributed by atoms with van der Waals surface area (Å²) in [6.07, 6.45) is -4.72. The second-order valence-corrected chi connectivity index (χ2v) is 4.22. The average Bonchev–Trinajstić information content (AvgIpc) is 2.75. The van der Waals surface area contributed by atoms with Crippen LogP contribution in [0, 0.1) is 0 Å². The van der Waals surface area contributed by atoms with Crippen LogP contribution < -0.4 is 4.74 Å². The van der Waals surface area contributed by atoms with Crippen molar-refractivity contribution in [1.29, 1.82) is 0 Å². The van der Waals surface area contributed by atoms with Crippen molar-refractivity contribution >= 4 is 11.3 Å². The zero-order valence-corrected chi connectivity index (χ0v) is 9.76. The molecule has 0 radical (unpaired) electrons. The van der Waals surface area contributed by atoms with Gasteiger partial charge in [0.1, 0.15) is 5.75 Å². The zero-order valence-electron chi connectivity index (χ0n) is 8.94. The molecule has 0 fully saturated rings. The maximum absolute atomic E-state index is 12.1. The molecule has 0 spiro atoms. The molecule has 0 bridgehead atoms. The van der Waals surface area contributed by atoms with Crippen LogP contribution in [0.5, 0.6) is 5.75 Å². The van der Waals surface area contributed by atoms with Gasteiger partial charge < -0.3 is 9.84 Å². The number of benzene rings is 1. The minimum atomic E-state index is -4.72. The number of alkyl halides is 3. The Kier molecular flexibility index (Phi) is 3.53. The lowest BCUT2D eigenvalue weighted by atomic mass is 10.1. The lowest BCUT2D eigenvalue weighted by Gasteiger charge is -2.09. The van der Waals surface area contributed by atoms with E-state index in [1.165, 1.54) is 35.0 Å². The quantitative estimate of drug-likeness (QED) is 0.935. The fraction of sp³-hybridized carbons (Fsp3) is 0.182. The lowest BCUT2D eigenvalue weighted by molar-refractivity contribution is -0.274. The number of aliphatic hydroxyl groups is 1. The Morgan fingerprint density at radius 2 is 2.11 bits per heavy atom. The first-order valence-corrected chi connectivity index (χ1v) is 5.77. The summed E-state index contributed by atoms with van der Waals surface area (Å²) in [5.41, 5.74) is 2.49. The van der Waals surface area contributed by atoms with Gasteiger partial charge in [-0.05, 0) is 17.7 Å². The highest BCUT2D eigenvalue weighted by molar-refractivity contribution is 7.13. The zero-order chi connectivity index (χ0) is 13.2. The molecule has 96 valence electrons. The standard InChI is InChI=1S/C11H8F3NO2S/c12-11(13,14)17-8-3-1-2-7(4-8)10-9(5-16)15-6-18-10/h1-4,6,16H,5H2. The summed E-state index contributed by atoms with van der Waals surface area (Å²) in [4.78, 5) is 4.55. The van der Waals surface area contributed by atoms with Crippen molar-refractivity contribution < 1.29 is 23.0 Å². The minimum absolute atomic E-state index is 0.261. The molecule has 1 heterocycles. The second kappa shape index (κ2) is 4.95.